The van der Waals surface area contributed by atoms with Gasteiger partial charge in [0, 0.05) is 23.0 Å². The van der Waals surface area contributed by atoms with Crippen LogP contribution in [0.3, 0.4) is 0 Å². The molecule has 2 N–H and O–H groups in total. The molecule has 19 heavy (non-hydrogen) atoms. The van der Waals surface area contributed by atoms with Crippen molar-refractivity contribution in [2.45, 2.75) is 65.0 Å². The van der Waals surface area contributed by atoms with Crippen LogP contribution in [0.2, 0.25) is 0 Å². The van der Waals surface area contributed by atoms with Crippen LogP contribution in [0.5, 0.6) is 0 Å². The van der Waals surface area contributed by atoms with Crippen molar-refractivity contribution >= 4 is 17.3 Å². The Labute approximate surface area is 119 Å². The molecule has 0 spiro atoms. The second kappa shape index (κ2) is 7.01. The lowest BCUT2D eigenvalue weighted by Crippen LogP contribution is -2.35. The lowest BCUT2D eigenvalue weighted by atomic mass is 9.98. The standard InChI is InChI=1S/C14H24N2O2S/c1-5-6-7-11(12(17)18)15-8-10-9-16-13(19-10)14(2,3)4/h9,11,15H,5-8H2,1-4H3,(H,17,18). The Hall–Kier alpha value is -0.940. The number of carbonyl (C=O) groups is 1. The second-order valence-electron chi connectivity index (χ2n) is 5.80. The van der Waals surface area contributed by atoms with Crippen molar-refractivity contribution < 1.29 is 9.90 Å². The Morgan fingerprint density at radius 3 is 2.68 bits per heavy atom. The molecular weight excluding hydrogens is 260 g/mol. The van der Waals surface area contributed by atoms with Crippen molar-refractivity contribution in [2.24, 2.45) is 0 Å². The number of hydrogen-bond donors (Lipinski definition) is 2. The molecule has 0 radical (unpaired) electrons. The summed E-state index contributed by atoms with van der Waals surface area (Å²) >= 11 is 1.65. The minimum absolute atomic E-state index is 0.0529. The second-order valence-corrected chi connectivity index (χ2v) is 6.91. The highest BCUT2D eigenvalue weighted by Crippen LogP contribution is 2.26. The largest absolute Gasteiger partial charge is 0.480 e. The maximum absolute atomic E-state index is 11.1. The summed E-state index contributed by atoms with van der Waals surface area (Å²) in [5.74, 6) is -0.769. The number of aliphatic carboxylic acids is 1. The van der Waals surface area contributed by atoms with Gasteiger partial charge in [-0.15, -0.1) is 11.3 Å². The quantitative estimate of drug-likeness (QED) is 0.807. The highest BCUT2D eigenvalue weighted by atomic mass is 32.1. The van der Waals surface area contributed by atoms with E-state index in [0.717, 1.165) is 22.7 Å². The summed E-state index contributed by atoms with van der Waals surface area (Å²) in [6, 6.07) is -0.458. The number of carboxylic acids is 1. The Kier molecular flexibility index (Phi) is 5.94. The minimum atomic E-state index is -0.769. The van der Waals surface area contributed by atoms with Gasteiger partial charge in [0.2, 0.25) is 0 Å². The molecule has 108 valence electrons. The normalized spacial score (nSPS) is 13.5. The molecule has 0 amide bonds. The third kappa shape index (κ3) is 5.28. The van der Waals surface area contributed by atoms with E-state index in [1.807, 2.05) is 6.20 Å². The van der Waals surface area contributed by atoms with Gasteiger partial charge in [-0.3, -0.25) is 10.1 Å². The third-order valence-corrected chi connectivity index (χ3v) is 4.29. The summed E-state index contributed by atoms with van der Waals surface area (Å²) in [4.78, 5) is 16.6. The van der Waals surface area contributed by atoms with Crippen molar-refractivity contribution in [3.63, 3.8) is 0 Å². The number of aromatic nitrogens is 1. The molecule has 1 aromatic heterocycles. The number of hydrogen-bond acceptors (Lipinski definition) is 4. The molecule has 0 saturated carbocycles. The summed E-state index contributed by atoms with van der Waals surface area (Å²) in [5, 5.41) is 13.3. The van der Waals surface area contributed by atoms with Crippen LogP contribution in [0.1, 0.15) is 56.8 Å². The average Bonchev–Trinajstić information content (AvgIpc) is 2.77. The first-order chi connectivity index (χ1) is 8.84. The fraction of sp³-hybridized carbons (Fsp3) is 0.714. The molecule has 0 aliphatic carbocycles. The first kappa shape index (κ1) is 16.1. The number of carboxylic acid groups (broad SMARTS) is 1. The summed E-state index contributed by atoms with van der Waals surface area (Å²) in [5.41, 5.74) is 0.0529. The van der Waals surface area contributed by atoms with Gasteiger partial charge in [0.05, 0.1) is 5.01 Å². The third-order valence-electron chi connectivity index (χ3n) is 2.86. The van der Waals surface area contributed by atoms with Gasteiger partial charge in [-0.25, -0.2) is 4.98 Å². The van der Waals surface area contributed by atoms with Gasteiger partial charge in [-0.05, 0) is 6.42 Å². The molecule has 0 saturated heterocycles. The highest BCUT2D eigenvalue weighted by Gasteiger charge is 2.19. The molecule has 0 bridgehead atoms. The van der Waals surface area contributed by atoms with E-state index in [-0.39, 0.29) is 5.41 Å². The Balaban J connectivity index is 2.54. The van der Waals surface area contributed by atoms with Crippen LogP contribution in [0.15, 0.2) is 6.20 Å². The van der Waals surface area contributed by atoms with E-state index in [0.29, 0.717) is 13.0 Å². The number of nitrogens with zero attached hydrogens (tertiary/aromatic N) is 1. The van der Waals surface area contributed by atoms with Crippen LogP contribution in [0, 0.1) is 0 Å². The van der Waals surface area contributed by atoms with Crippen LogP contribution in [0.4, 0.5) is 0 Å². The Morgan fingerprint density at radius 2 is 2.21 bits per heavy atom. The van der Waals surface area contributed by atoms with Gasteiger partial charge < -0.3 is 5.11 Å². The summed E-state index contributed by atoms with van der Waals surface area (Å²) in [7, 11) is 0. The SMILES string of the molecule is CCCCC(NCc1cnc(C(C)(C)C)s1)C(=O)O. The predicted molar refractivity (Wildman–Crippen MR) is 78.6 cm³/mol. The average molecular weight is 284 g/mol. The molecule has 1 rings (SSSR count). The molecule has 4 nitrogen and oxygen atoms in total. The van der Waals surface area contributed by atoms with Gasteiger partial charge in [0.15, 0.2) is 0 Å². The smallest absolute Gasteiger partial charge is 0.320 e. The number of unbranched alkanes of at least 4 members (excludes halogenated alkanes) is 1. The Morgan fingerprint density at radius 1 is 1.53 bits per heavy atom. The molecular formula is C14H24N2O2S. The predicted octanol–water partition coefficient (Wildman–Crippen LogP) is 3.17. The van der Waals surface area contributed by atoms with Crippen molar-refractivity contribution in [1.29, 1.82) is 0 Å². The molecule has 1 heterocycles. The molecule has 0 aliphatic heterocycles. The monoisotopic (exact) mass is 284 g/mol. The van der Waals surface area contributed by atoms with Gasteiger partial charge in [0.1, 0.15) is 6.04 Å². The zero-order chi connectivity index (χ0) is 14.5. The van der Waals surface area contributed by atoms with Gasteiger partial charge >= 0.3 is 5.97 Å². The molecule has 5 heteroatoms. The van der Waals surface area contributed by atoms with Gasteiger partial charge in [-0.2, -0.15) is 0 Å². The first-order valence-corrected chi connectivity index (χ1v) is 7.57. The molecule has 0 aromatic carbocycles. The first-order valence-electron chi connectivity index (χ1n) is 6.76. The van der Waals surface area contributed by atoms with Crippen molar-refractivity contribution in [1.82, 2.24) is 10.3 Å². The van der Waals surface area contributed by atoms with Crippen LogP contribution >= 0.6 is 11.3 Å². The zero-order valence-electron chi connectivity index (χ0n) is 12.2. The van der Waals surface area contributed by atoms with Gasteiger partial charge in [-0.1, -0.05) is 40.5 Å². The van der Waals surface area contributed by atoms with E-state index in [2.05, 4.69) is 38.0 Å². The van der Waals surface area contributed by atoms with Crippen molar-refractivity contribution in [3.05, 3.63) is 16.1 Å². The maximum atomic E-state index is 11.1. The lowest BCUT2D eigenvalue weighted by molar-refractivity contribution is -0.139. The summed E-state index contributed by atoms with van der Waals surface area (Å²) in [6.07, 6.45) is 4.47. The fourth-order valence-electron chi connectivity index (χ4n) is 1.68. The number of nitrogens with one attached hydrogen (secondary N) is 1. The molecule has 1 atom stereocenters. The molecule has 1 unspecified atom stereocenters. The van der Waals surface area contributed by atoms with Crippen molar-refractivity contribution in [3.8, 4) is 0 Å². The van der Waals surface area contributed by atoms with Gasteiger partial charge in [0.25, 0.3) is 0 Å². The minimum Gasteiger partial charge on any atom is -0.480 e. The van der Waals surface area contributed by atoms with Crippen LogP contribution in [-0.2, 0) is 16.8 Å². The van der Waals surface area contributed by atoms with Crippen LogP contribution in [-0.4, -0.2) is 22.1 Å². The molecule has 1 aromatic rings. The fourth-order valence-corrected chi connectivity index (χ4v) is 2.60. The maximum Gasteiger partial charge on any atom is 0.320 e. The summed E-state index contributed by atoms with van der Waals surface area (Å²) in [6.45, 7) is 9.03. The number of rotatable bonds is 7. The van der Waals surface area contributed by atoms with E-state index >= 15 is 0 Å². The van der Waals surface area contributed by atoms with E-state index in [9.17, 15) is 4.79 Å². The van der Waals surface area contributed by atoms with Crippen LogP contribution < -0.4 is 5.32 Å². The zero-order valence-corrected chi connectivity index (χ0v) is 13.0. The van der Waals surface area contributed by atoms with E-state index in [1.54, 1.807) is 11.3 Å². The van der Waals surface area contributed by atoms with Crippen molar-refractivity contribution in [2.75, 3.05) is 0 Å². The van der Waals surface area contributed by atoms with E-state index in [4.69, 9.17) is 5.11 Å². The van der Waals surface area contributed by atoms with E-state index < -0.39 is 12.0 Å². The topological polar surface area (TPSA) is 62.2 Å². The van der Waals surface area contributed by atoms with Crippen LogP contribution in [0.25, 0.3) is 0 Å². The number of thiazole rings is 1. The van der Waals surface area contributed by atoms with E-state index in [1.165, 1.54) is 0 Å². The molecule has 0 fully saturated rings. The highest BCUT2D eigenvalue weighted by molar-refractivity contribution is 7.11. The summed E-state index contributed by atoms with van der Waals surface area (Å²) < 4.78 is 0. The Bertz CT molecular complexity index is 410. The lowest BCUT2D eigenvalue weighted by Gasteiger charge is -2.14. The molecule has 0 aliphatic rings.